The minimum absolute atomic E-state index is 0.0399. The Morgan fingerprint density at radius 2 is 0.620 bits per heavy atom. The van der Waals surface area contributed by atoms with Crippen molar-refractivity contribution in [3.8, 4) is 33.4 Å². The smallest absolute Gasteiger partial charge is 0.00608 e. The molecule has 0 aromatic heterocycles. The van der Waals surface area contributed by atoms with Gasteiger partial charge in [-0.2, -0.15) is 0 Å². The van der Waals surface area contributed by atoms with Gasteiger partial charge in [0, 0.05) is 0 Å². The molecular weight excluding hydrogens is 601 g/mol. The molecule has 6 rings (SSSR count). The molecule has 258 valence electrons. The fourth-order valence-corrected chi connectivity index (χ4v) is 7.44. The van der Waals surface area contributed by atoms with E-state index in [1.165, 1.54) is 88.3 Å². The van der Waals surface area contributed by atoms with Crippen LogP contribution in [0.4, 0.5) is 0 Å². The summed E-state index contributed by atoms with van der Waals surface area (Å²) >= 11 is 0. The quantitative estimate of drug-likeness (QED) is 0.177. The van der Waals surface area contributed by atoms with Gasteiger partial charge < -0.3 is 0 Å². The molecule has 0 aliphatic carbocycles. The lowest BCUT2D eigenvalue weighted by Gasteiger charge is -2.28. The van der Waals surface area contributed by atoms with Crippen LogP contribution < -0.4 is 0 Å². The second kappa shape index (κ2) is 12.3. The van der Waals surface area contributed by atoms with E-state index in [0.29, 0.717) is 0 Å². The Bertz CT molecular complexity index is 2020. The van der Waals surface area contributed by atoms with Crippen molar-refractivity contribution in [1.82, 2.24) is 0 Å². The normalized spacial score (nSPS) is 13.0. The molecule has 0 atom stereocenters. The highest BCUT2D eigenvalue weighted by Gasteiger charge is 2.26. The SMILES string of the molecule is Cc1c(-c2cc(C(C)(C)C)cc(C(C)(C)C)c2)cc2ccccc2c1-c1c(C)c(-c2cc(C(C)(C)C)cc(C(C)(C)C)c2)cc2ccccc12. The Morgan fingerprint density at radius 3 is 0.900 bits per heavy atom. The van der Waals surface area contributed by atoms with Gasteiger partial charge in [0.05, 0.1) is 0 Å². The molecular formula is C50H58. The number of fused-ring (bicyclic) bond motifs is 2. The van der Waals surface area contributed by atoms with Gasteiger partial charge in [0.15, 0.2) is 0 Å². The van der Waals surface area contributed by atoms with E-state index in [1.807, 2.05) is 0 Å². The lowest BCUT2D eigenvalue weighted by atomic mass is 9.76. The first-order chi connectivity index (χ1) is 23.1. The van der Waals surface area contributed by atoms with Crippen LogP contribution in [0.1, 0.15) is 116 Å². The minimum atomic E-state index is 0.0399. The predicted octanol–water partition coefficient (Wildman–Crippen LogP) is 14.8. The second-order valence-electron chi connectivity index (χ2n) is 18.9. The van der Waals surface area contributed by atoms with E-state index in [4.69, 9.17) is 0 Å². The van der Waals surface area contributed by atoms with E-state index in [9.17, 15) is 0 Å². The Morgan fingerprint density at radius 1 is 0.340 bits per heavy atom. The van der Waals surface area contributed by atoms with Crippen LogP contribution >= 0.6 is 0 Å². The molecule has 0 spiro atoms. The Hall–Kier alpha value is -4.16. The fourth-order valence-electron chi connectivity index (χ4n) is 7.44. The molecule has 0 heterocycles. The topological polar surface area (TPSA) is 0 Å². The van der Waals surface area contributed by atoms with Gasteiger partial charge in [-0.3, -0.25) is 0 Å². The van der Waals surface area contributed by atoms with Gasteiger partial charge in [0.2, 0.25) is 0 Å². The zero-order chi connectivity index (χ0) is 36.6. The van der Waals surface area contributed by atoms with E-state index in [0.717, 1.165) is 0 Å². The van der Waals surface area contributed by atoms with Crippen molar-refractivity contribution in [2.45, 2.75) is 119 Å². The first-order valence-corrected chi connectivity index (χ1v) is 18.5. The van der Waals surface area contributed by atoms with Crippen LogP contribution in [0.2, 0.25) is 0 Å². The predicted molar refractivity (Wildman–Crippen MR) is 222 cm³/mol. The summed E-state index contributed by atoms with van der Waals surface area (Å²) in [6, 6.07) is 37.5. The lowest BCUT2D eigenvalue weighted by molar-refractivity contribution is 0.568. The molecule has 0 aliphatic heterocycles. The van der Waals surface area contributed by atoms with Crippen molar-refractivity contribution in [1.29, 1.82) is 0 Å². The number of hydrogen-bond donors (Lipinski definition) is 0. The van der Waals surface area contributed by atoms with Gasteiger partial charge in [0.25, 0.3) is 0 Å². The first-order valence-electron chi connectivity index (χ1n) is 18.5. The molecule has 0 nitrogen and oxygen atoms in total. The molecule has 0 bridgehead atoms. The average molecular weight is 659 g/mol. The van der Waals surface area contributed by atoms with Crippen LogP contribution in [-0.2, 0) is 21.7 Å². The molecule has 0 aliphatic rings. The maximum absolute atomic E-state index is 2.45. The third-order valence-electron chi connectivity index (χ3n) is 10.8. The first kappa shape index (κ1) is 35.7. The largest absolute Gasteiger partial charge is 0.0616 e. The molecule has 0 N–H and O–H groups in total. The maximum atomic E-state index is 2.45. The fraction of sp³-hybridized carbons (Fsp3) is 0.360. The van der Waals surface area contributed by atoms with Crippen molar-refractivity contribution in [3.63, 3.8) is 0 Å². The van der Waals surface area contributed by atoms with Crippen LogP contribution in [0.25, 0.3) is 54.9 Å². The molecule has 0 fully saturated rings. The van der Waals surface area contributed by atoms with Gasteiger partial charge in [-0.05, 0) is 136 Å². The van der Waals surface area contributed by atoms with Crippen molar-refractivity contribution in [2.75, 3.05) is 0 Å². The highest BCUT2D eigenvalue weighted by atomic mass is 14.3. The van der Waals surface area contributed by atoms with E-state index in [2.05, 4.69) is 194 Å². The summed E-state index contributed by atoms with van der Waals surface area (Å²) in [4.78, 5) is 0. The zero-order valence-electron chi connectivity index (χ0n) is 33.2. The van der Waals surface area contributed by atoms with Crippen LogP contribution in [0.15, 0.2) is 97.1 Å². The molecule has 0 unspecified atom stereocenters. The van der Waals surface area contributed by atoms with Crippen molar-refractivity contribution < 1.29 is 0 Å². The molecule has 50 heavy (non-hydrogen) atoms. The maximum Gasteiger partial charge on any atom is -0.00608 e. The van der Waals surface area contributed by atoms with Crippen LogP contribution in [0.3, 0.4) is 0 Å². The van der Waals surface area contributed by atoms with Crippen LogP contribution in [0, 0.1) is 13.8 Å². The zero-order valence-corrected chi connectivity index (χ0v) is 33.2. The second-order valence-corrected chi connectivity index (χ2v) is 18.9. The van der Waals surface area contributed by atoms with Crippen molar-refractivity contribution in [3.05, 3.63) is 130 Å². The van der Waals surface area contributed by atoms with Gasteiger partial charge >= 0.3 is 0 Å². The number of rotatable bonds is 3. The van der Waals surface area contributed by atoms with Crippen LogP contribution in [-0.4, -0.2) is 0 Å². The molecule has 6 aromatic rings. The third-order valence-corrected chi connectivity index (χ3v) is 10.8. The Labute approximate surface area is 303 Å². The monoisotopic (exact) mass is 658 g/mol. The van der Waals surface area contributed by atoms with E-state index >= 15 is 0 Å². The summed E-state index contributed by atoms with van der Waals surface area (Å²) in [6.07, 6.45) is 0. The summed E-state index contributed by atoms with van der Waals surface area (Å²) in [7, 11) is 0. The van der Waals surface area contributed by atoms with Crippen molar-refractivity contribution >= 4 is 21.5 Å². The molecule has 0 saturated heterocycles. The number of benzene rings is 6. The summed E-state index contributed by atoms with van der Waals surface area (Å²) < 4.78 is 0. The highest BCUT2D eigenvalue weighted by molar-refractivity contribution is 6.11. The number of hydrogen-bond acceptors (Lipinski definition) is 0. The molecule has 0 heteroatoms. The summed E-state index contributed by atoms with van der Waals surface area (Å²) in [5, 5.41) is 5.17. The third kappa shape index (κ3) is 6.67. The van der Waals surface area contributed by atoms with Gasteiger partial charge in [-0.25, -0.2) is 0 Å². The lowest BCUT2D eigenvalue weighted by Crippen LogP contribution is -2.16. The van der Waals surface area contributed by atoms with E-state index < -0.39 is 0 Å². The van der Waals surface area contributed by atoms with Gasteiger partial charge in [-0.1, -0.05) is 168 Å². The van der Waals surface area contributed by atoms with Gasteiger partial charge in [-0.15, -0.1) is 0 Å². The summed E-state index contributed by atoms with van der Waals surface area (Å²) in [5.41, 5.74) is 16.3. The molecule has 6 aromatic carbocycles. The van der Waals surface area contributed by atoms with Crippen LogP contribution in [0.5, 0.6) is 0 Å². The average Bonchev–Trinajstić information content (AvgIpc) is 3.03. The highest BCUT2D eigenvalue weighted by Crippen LogP contribution is 2.47. The van der Waals surface area contributed by atoms with E-state index in [-0.39, 0.29) is 21.7 Å². The molecule has 0 amide bonds. The Kier molecular flexibility index (Phi) is 8.74. The van der Waals surface area contributed by atoms with E-state index in [1.54, 1.807) is 0 Å². The standard InChI is InChI=1S/C50H58/c1-31-43(35-23-37(47(3,4)5)29-38(24-35)48(6,7)8)27-33-19-15-17-21-41(33)45(31)46-32(2)44(28-34-20-16-18-22-42(34)46)36-25-39(49(9,10)11)30-40(26-36)50(12,13)14/h15-30H,1-14H3. The summed E-state index contributed by atoms with van der Waals surface area (Å²) in [6.45, 7) is 32.7. The molecule has 0 saturated carbocycles. The van der Waals surface area contributed by atoms with Gasteiger partial charge in [0.1, 0.15) is 0 Å². The van der Waals surface area contributed by atoms with Crippen molar-refractivity contribution in [2.24, 2.45) is 0 Å². The molecule has 0 radical (unpaired) electrons. The Balaban J connectivity index is 1.74. The summed E-state index contributed by atoms with van der Waals surface area (Å²) in [5.74, 6) is 0. The minimum Gasteiger partial charge on any atom is -0.0616 e.